The predicted octanol–water partition coefficient (Wildman–Crippen LogP) is 25.3. The third-order valence-electron chi connectivity index (χ3n) is 27.8. The second-order valence-electron chi connectivity index (χ2n) is 40.1. The molecule has 3 amide bonds. The van der Waals surface area contributed by atoms with Crippen molar-refractivity contribution in [3.8, 4) is 0 Å². The Morgan fingerprint density at radius 1 is 0.208 bits per heavy atom. The van der Waals surface area contributed by atoms with E-state index in [9.17, 15) is 28.8 Å². The van der Waals surface area contributed by atoms with Crippen LogP contribution in [-0.4, -0.2) is 186 Å². The molecular formula is C109H202N6O15. The number of esters is 6. The van der Waals surface area contributed by atoms with E-state index in [1.807, 2.05) is 0 Å². The zero-order valence-electron chi connectivity index (χ0n) is 85.2. The topological polar surface area (TPSA) is 255 Å². The summed E-state index contributed by atoms with van der Waals surface area (Å²) in [5.74, 6) is -0.613. The van der Waals surface area contributed by atoms with Gasteiger partial charge in [-0.15, -0.1) is 0 Å². The highest BCUT2D eigenvalue weighted by molar-refractivity contribution is 5.92. The highest BCUT2D eigenvalue weighted by atomic mass is 16.6. The van der Waals surface area contributed by atoms with Gasteiger partial charge in [-0.05, 0) is 257 Å². The summed E-state index contributed by atoms with van der Waals surface area (Å²) in [4.78, 5) is 129. The molecule has 4 saturated carbocycles. The molecule has 21 nitrogen and oxygen atoms in total. The Hall–Kier alpha value is -4.89. The molecule has 0 aromatic heterocycles. The monoisotopic (exact) mass is 1840 g/mol. The van der Waals surface area contributed by atoms with Crippen molar-refractivity contribution in [1.82, 2.24) is 30.7 Å². The van der Waals surface area contributed by atoms with Crippen LogP contribution < -0.4 is 16.0 Å². The normalized spacial score (nSPS) is 16.8. The molecule has 3 N–H and O–H groups in total. The summed E-state index contributed by atoms with van der Waals surface area (Å²) < 4.78 is 33.6. The molecule has 0 aliphatic heterocycles. The van der Waals surface area contributed by atoms with Crippen molar-refractivity contribution in [2.45, 2.75) is 504 Å². The molecule has 0 heterocycles. The molecule has 0 aromatic rings. The van der Waals surface area contributed by atoms with Gasteiger partial charge in [0.15, 0.2) is 0 Å². The van der Waals surface area contributed by atoms with Crippen LogP contribution in [-0.2, 0) is 71.6 Å². The molecule has 4 aliphatic carbocycles. The summed E-state index contributed by atoms with van der Waals surface area (Å²) in [5, 5.41) is 10.2. The van der Waals surface area contributed by atoms with Crippen LogP contribution in [0.2, 0.25) is 0 Å². The minimum atomic E-state index is -0.832. The van der Waals surface area contributed by atoms with Crippen molar-refractivity contribution in [3.63, 3.8) is 0 Å². The number of carbonyl (C=O) groups is 9. The van der Waals surface area contributed by atoms with E-state index >= 15 is 14.4 Å². The largest absolute Gasteiger partial charge is 0.466 e. The molecule has 0 atom stereocenters. The number of nitrogens with zero attached hydrogens (tertiary/aromatic N) is 3. The van der Waals surface area contributed by atoms with E-state index in [-0.39, 0.29) is 59.5 Å². The Bertz CT molecular complexity index is 2400. The first-order valence-electron chi connectivity index (χ1n) is 55.5. The van der Waals surface area contributed by atoms with Crippen LogP contribution >= 0.6 is 0 Å². The van der Waals surface area contributed by atoms with Gasteiger partial charge in [0.05, 0.1) is 55.9 Å². The number of unbranched alkanes of at least 4 members (excludes halogenated alkanes) is 45. The van der Waals surface area contributed by atoms with E-state index in [1.54, 1.807) is 0 Å². The van der Waals surface area contributed by atoms with Crippen LogP contribution in [0.15, 0.2) is 0 Å². The third kappa shape index (κ3) is 62.0. The smallest absolute Gasteiger partial charge is 0.305 e. The van der Waals surface area contributed by atoms with Gasteiger partial charge >= 0.3 is 35.8 Å². The summed E-state index contributed by atoms with van der Waals surface area (Å²) in [6, 6.07) is 0. The summed E-state index contributed by atoms with van der Waals surface area (Å²) in [6.45, 7) is 25.9. The molecule has 0 spiro atoms. The molecule has 4 aliphatic rings. The van der Waals surface area contributed by atoms with Gasteiger partial charge in [-0.2, -0.15) is 0 Å². The fourth-order valence-electron chi connectivity index (χ4n) is 20.3. The summed E-state index contributed by atoms with van der Waals surface area (Å²) >= 11 is 0. The lowest BCUT2D eigenvalue weighted by Gasteiger charge is -2.64. The van der Waals surface area contributed by atoms with Gasteiger partial charge in [-0.3, -0.25) is 43.2 Å². The molecule has 0 radical (unpaired) electrons. The second-order valence-corrected chi connectivity index (χ2v) is 40.1. The summed E-state index contributed by atoms with van der Waals surface area (Å²) in [6.07, 6.45) is 68.8. The fraction of sp³-hybridized carbons (Fsp3) is 0.917. The Kier molecular flexibility index (Phi) is 75.6. The Morgan fingerprint density at radius 3 is 0.546 bits per heavy atom. The van der Waals surface area contributed by atoms with Gasteiger partial charge in [-0.25, -0.2) is 0 Å². The zero-order valence-corrected chi connectivity index (χ0v) is 85.2. The fourth-order valence-corrected chi connectivity index (χ4v) is 20.3. The maximum atomic E-state index is 15.2. The van der Waals surface area contributed by atoms with Crippen LogP contribution in [0, 0.1) is 22.2 Å². The molecule has 4 bridgehead atoms. The second kappa shape index (κ2) is 82.4. The Morgan fingerprint density at radius 2 is 0.362 bits per heavy atom. The molecule has 21 heteroatoms. The maximum absolute atomic E-state index is 15.2. The van der Waals surface area contributed by atoms with Crippen molar-refractivity contribution < 1.29 is 71.6 Å². The lowest BCUT2D eigenvalue weighted by molar-refractivity contribution is -0.188. The minimum Gasteiger partial charge on any atom is -0.466 e. The molecule has 0 unspecified atom stereocenters. The van der Waals surface area contributed by atoms with Crippen molar-refractivity contribution >= 4 is 53.5 Å². The highest BCUT2D eigenvalue weighted by Crippen LogP contribution is 2.70. The van der Waals surface area contributed by atoms with E-state index in [4.69, 9.17) is 28.4 Å². The number of nitrogens with one attached hydrogen (secondary N) is 3. The number of carbonyl (C=O) groups excluding carboxylic acids is 9. The van der Waals surface area contributed by atoms with Gasteiger partial charge in [0.1, 0.15) is 0 Å². The van der Waals surface area contributed by atoms with Crippen molar-refractivity contribution in [1.29, 1.82) is 0 Å². The van der Waals surface area contributed by atoms with Crippen LogP contribution in [0.4, 0.5) is 0 Å². The molecule has 4 fully saturated rings. The van der Waals surface area contributed by atoms with Gasteiger partial charge in [0.25, 0.3) is 0 Å². The van der Waals surface area contributed by atoms with E-state index < -0.39 is 16.2 Å². The van der Waals surface area contributed by atoms with Gasteiger partial charge in [0, 0.05) is 58.2 Å². The molecular weight excluding hydrogens is 1630 g/mol. The SMILES string of the molecule is CCCCCCCCOC(=O)CCCCN(CCCCCCNC(=O)C12CC3CC(C(=O)NCCCCCCN(CCCCC(=O)OCCCCCCCC)CCCCC(=O)OCCCCCCCC)(C1)CC(C(=O)NCCCCCCN(CCCCC(=O)OCCCCCCCC)CCCCC(=O)OCCCCCCCC)(C3)C2)CCCCC(=O)OCCCCCCCC. The Labute approximate surface area is 795 Å². The number of hydrogen-bond donors (Lipinski definition) is 3. The maximum Gasteiger partial charge on any atom is 0.305 e. The molecule has 0 aromatic carbocycles. The van der Waals surface area contributed by atoms with Crippen LogP contribution in [0.1, 0.15) is 504 Å². The first-order valence-corrected chi connectivity index (χ1v) is 55.5. The number of ether oxygens (including phenoxy) is 6. The van der Waals surface area contributed by atoms with Gasteiger partial charge in [0.2, 0.25) is 17.7 Å². The van der Waals surface area contributed by atoms with Gasteiger partial charge in [-0.1, -0.05) is 273 Å². The van der Waals surface area contributed by atoms with E-state index in [1.165, 1.54) is 154 Å². The summed E-state index contributed by atoms with van der Waals surface area (Å²) in [7, 11) is 0. The van der Waals surface area contributed by atoms with Gasteiger partial charge < -0.3 is 59.1 Å². The Balaban J connectivity index is 1.69. The molecule has 130 heavy (non-hydrogen) atoms. The molecule has 758 valence electrons. The van der Waals surface area contributed by atoms with E-state index in [2.05, 4.69) is 72.2 Å². The highest BCUT2D eigenvalue weighted by Gasteiger charge is 2.69. The van der Waals surface area contributed by atoms with Crippen LogP contribution in [0.25, 0.3) is 0 Å². The standard InChI is InChI=1S/C109H202N6O15/c1-7-13-19-25-37-61-85-125-98(116)67-43-55-79-113(80-56-44-68-99(117)126-86-62-38-26-20-14-8-2)76-52-34-31-49-73-110-104(122)107-91-97-92-108(94-107,105(123)111-74-50-32-35-53-77-114(81-57-45-69-100(118)127-87-63-39-27-21-15-9-3)82-58-46-70-101(119)128-88-64-40-28-22-16-10-4)96-109(93-97,95-107)106(124)112-75-51-33-36-54-78-115(83-59-47-71-102(120)129-89-65-41-29-23-17-11-5)84-60-48-72-103(121)130-90-66-42-30-24-18-12-6/h97H,7-96H2,1-6H3,(H,110,122)(H,111,123)(H,112,124). The average Bonchev–Trinajstić information content (AvgIpc) is 0.689. The predicted molar refractivity (Wildman–Crippen MR) is 531 cm³/mol. The van der Waals surface area contributed by atoms with E-state index in [0.717, 1.165) is 290 Å². The van der Waals surface area contributed by atoms with Crippen molar-refractivity contribution in [2.24, 2.45) is 22.2 Å². The first kappa shape index (κ1) is 119. The zero-order chi connectivity index (χ0) is 94.0. The third-order valence-corrected chi connectivity index (χ3v) is 27.8. The van der Waals surface area contributed by atoms with Crippen molar-refractivity contribution in [3.05, 3.63) is 0 Å². The minimum absolute atomic E-state index is 0.0111. The molecule has 4 rings (SSSR count). The van der Waals surface area contributed by atoms with Crippen LogP contribution in [0.3, 0.4) is 0 Å². The number of hydrogen-bond acceptors (Lipinski definition) is 18. The lowest BCUT2D eigenvalue weighted by atomic mass is 9.39. The lowest BCUT2D eigenvalue weighted by Crippen LogP contribution is -2.67. The first-order chi connectivity index (χ1) is 63.5. The summed E-state index contributed by atoms with van der Waals surface area (Å²) in [5.41, 5.74) is -2.49. The number of rotatable bonds is 96. The average molecular weight is 1840 g/mol. The quantitative estimate of drug-likeness (QED) is 0.0291. The van der Waals surface area contributed by atoms with Crippen molar-refractivity contribution in [2.75, 3.05) is 118 Å². The van der Waals surface area contributed by atoms with E-state index in [0.29, 0.717) is 136 Å². The van der Waals surface area contributed by atoms with Crippen LogP contribution in [0.5, 0.6) is 0 Å². The number of amides is 3. The molecule has 0 saturated heterocycles.